The summed E-state index contributed by atoms with van der Waals surface area (Å²) in [6.07, 6.45) is 0. The zero-order valence-electron chi connectivity index (χ0n) is 14.8. The number of hydrogen-bond donors (Lipinski definition) is 1. The van der Waals surface area contributed by atoms with E-state index in [-0.39, 0.29) is 6.03 Å². The number of rotatable bonds is 7. The van der Waals surface area contributed by atoms with E-state index in [1.807, 2.05) is 89.8 Å². The molecule has 5 heteroatoms. The third-order valence-electron chi connectivity index (χ3n) is 3.97. The van der Waals surface area contributed by atoms with Gasteiger partial charge in [-0.2, -0.15) is 0 Å². The van der Waals surface area contributed by atoms with Crippen LogP contribution in [0.1, 0.15) is 5.56 Å². The van der Waals surface area contributed by atoms with Gasteiger partial charge in [-0.1, -0.05) is 60.1 Å². The number of thioether (sulfide) groups is 1. The maximum absolute atomic E-state index is 12.8. The lowest BCUT2D eigenvalue weighted by Crippen LogP contribution is -2.36. The molecule has 1 N–H and O–H groups in total. The van der Waals surface area contributed by atoms with Crippen LogP contribution >= 0.6 is 23.4 Å². The topological polar surface area (TPSA) is 32.3 Å². The Kier molecular flexibility index (Phi) is 7.19. The lowest BCUT2D eigenvalue weighted by molar-refractivity contribution is 0.212. The fraction of sp³-hybridized carbons (Fsp3) is 0.136. The number of anilines is 1. The summed E-state index contributed by atoms with van der Waals surface area (Å²) in [6.45, 7) is 1.21. The van der Waals surface area contributed by atoms with Crippen LogP contribution in [0.3, 0.4) is 0 Å². The van der Waals surface area contributed by atoms with E-state index in [1.54, 1.807) is 11.8 Å². The highest BCUT2D eigenvalue weighted by Crippen LogP contribution is 2.21. The Morgan fingerprint density at radius 2 is 1.52 bits per heavy atom. The van der Waals surface area contributed by atoms with Crippen molar-refractivity contribution in [3.8, 4) is 0 Å². The van der Waals surface area contributed by atoms with Crippen molar-refractivity contribution in [2.24, 2.45) is 0 Å². The first kappa shape index (κ1) is 19.3. The van der Waals surface area contributed by atoms with Crippen molar-refractivity contribution in [3.05, 3.63) is 95.5 Å². The fourth-order valence-electron chi connectivity index (χ4n) is 2.58. The number of urea groups is 1. The van der Waals surface area contributed by atoms with E-state index in [0.29, 0.717) is 13.1 Å². The molecule has 0 bridgehead atoms. The van der Waals surface area contributed by atoms with Crippen LogP contribution in [0.4, 0.5) is 10.5 Å². The number of nitrogens with one attached hydrogen (secondary N) is 1. The van der Waals surface area contributed by atoms with E-state index < -0.39 is 0 Å². The lowest BCUT2D eigenvalue weighted by Gasteiger charge is -2.23. The van der Waals surface area contributed by atoms with Crippen molar-refractivity contribution < 1.29 is 4.79 Å². The molecule has 0 fully saturated rings. The predicted molar refractivity (Wildman–Crippen MR) is 114 cm³/mol. The van der Waals surface area contributed by atoms with Gasteiger partial charge in [0, 0.05) is 34.4 Å². The molecule has 3 aromatic carbocycles. The van der Waals surface area contributed by atoms with Gasteiger partial charge in [0.1, 0.15) is 0 Å². The summed E-state index contributed by atoms with van der Waals surface area (Å²) >= 11 is 7.65. The second-order valence-corrected chi connectivity index (χ2v) is 7.61. The van der Waals surface area contributed by atoms with Crippen molar-refractivity contribution in [1.82, 2.24) is 4.90 Å². The summed E-state index contributed by atoms with van der Waals surface area (Å²) in [5.41, 5.74) is 1.91. The second kappa shape index (κ2) is 10.0. The normalized spacial score (nSPS) is 10.4. The van der Waals surface area contributed by atoms with Crippen molar-refractivity contribution in [1.29, 1.82) is 0 Å². The van der Waals surface area contributed by atoms with Crippen LogP contribution in [0, 0.1) is 0 Å². The number of hydrogen-bond acceptors (Lipinski definition) is 2. The molecule has 3 nitrogen and oxygen atoms in total. The minimum Gasteiger partial charge on any atom is -0.319 e. The number of halogens is 1. The highest BCUT2D eigenvalue weighted by Gasteiger charge is 2.14. The Morgan fingerprint density at radius 1 is 0.889 bits per heavy atom. The van der Waals surface area contributed by atoms with Crippen LogP contribution in [-0.2, 0) is 6.54 Å². The fourth-order valence-corrected chi connectivity index (χ4v) is 3.59. The molecule has 0 aliphatic rings. The predicted octanol–water partition coefficient (Wildman–Crippen LogP) is 6.17. The van der Waals surface area contributed by atoms with Gasteiger partial charge < -0.3 is 10.2 Å². The molecule has 0 spiro atoms. The largest absolute Gasteiger partial charge is 0.322 e. The average Bonchev–Trinajstić information content (AvgIpc) is 2.70. The van der Waals surface area contributed by atoms with Crippen LogP contribution in [0.15, 0.2) is 89.8 Å². The van der Waals surface area contributed by atoms with Crippen LogP contribution in [-0.4, -0.2) is 23.2 Å². The molecule has 0 heterocycles. The smallest absolute Gasteiger partial charge is 0.319 e. The van der Waals surface area contributed by atoms with Crippen molar-refractivity contribution in [2.45, 2.75) is 11.4 Å². The average molecular weight is 397 g/mol. The van der Waals surface area contributed by atoms with Gasteiger partial charge in [-0.05, 0) is 42.0 Å². The van der Waals surface area contributed by atoms with Crippen molar-refractivity contribution >= 4 is 35.1 Å². The first-order valence-electron chi connectivity index (χ1n) is 8.74. The summed E-state index contributed by atoms with van der Waals surface area (Å²) in [4.78, 5) is 15.8. The summed E-state index contributed by atoms with van der Waals surface area (Å²) in [5.74, 6) is 0.802. The molecule has 27 heavy (non-hydrogen) atoms. The number of benzene rings is 3. The molecule has 0 aromatic heterocycles. The molecule has 3 rings (SSSR count). The van der Waals surface area contributed by atoms with Crippen LogP contribution in [0.2, 0.25) is 5.02 Å². The molecule has 0 atom stereocenters. The van der Waals surface area contributed by atoms with E-state index in [0.717, 1.165) is 26.9 Å². The highest BCUT2D eigenvalue weighted by atomic mass is 35.5. The zero-order valence-corrected chi connectivity index (χ0v) is 16.4. The Balaban J connectivity index is 1.63. The minimum atomic E-state index is -0.0956. The molecule has 3 aromatic rings. The van der Waals surface area contributed by atoms with Gasteiger partial charge in [-0.3, -0.25) is 0 Å². The third kappa shape index (κ3) is 6.35. The molecular formula is C22H21ClN2OS. The summed E-state index contributed by atoms with van der Waals surface area (Å²) in [7, 11) is 0. The minimum absolute atomic E-state index is 0.0956. The van der Waals surface area contributed by atoms with Gasteiger partial charge in [0.15, 0.2) is 0 Å². The maximum Gasteiger partial charge on any atom is 0.322 e. The Labute approximate surface area is 169 Å². The molecule has 0 saturated carbocycles. The van der Waals surface area contributed by atoms with Gasteiger partial charge in [-0.25, -0.2) is 4.79 Å². The molecule has 0 unspecified atom stereocenters. The van der Waals surface area contributed by atoms with Crippen LogP contribution in [0.25, 0.3) is 0 Å². The van der Waals surface area contributed by atoms with E-state index in [4.69, 9.17) is 11.6 Å². The molecule has 0 radical (unpaired) electrons. The van der Waals surface area contributed by atoms with Crippen molar-refractivity contribution in [2.75, 3.05) is 17.6 Å². The van der Waals surface area contributed by atoms with Gasteiger partial charge >= 0.3 is 6.03 Å². The zero-order chi connectivity index (χ0) is 18.9. The molecule has 0 saturated heterocycles. The van der Waals surface area contributed by atoms with Gasteiger partial charge in [0.25, 0.3) is 0 Å². The number of carbonyl (C=O) groups is 1. The Bertz CT molecular complexity index is 841. The quantitative estimate of drug-likeness (QED) is 0.484. The number of nitrogens with zero attached hydrogens (tertiary/aromatic N) is 1. The van der Waals surface area contributed by atoms with Crippen LogP contribution < -0.4 is 5.32 Å². The van der Waals surface area contributed by atoms with Gasteiger partial charge in [0.05, 0.1) is 0 Å². The molecular weight excluding hydrogens is 376 g/mol. The molecule has 0 aliphatic carbocycles. The van der Waals surface area contributed by atoms with Gasteiger partial charge in [-0.15, -0.1) is 11.8 Å². The molecule has 138 valence electrons. The van der Waals surface area contributed by atoms with E-state index in [1.165, 1.54) is 0 Å². The lowest BCUT2D eigenvalue weighted by atomic mass is 10.2. The summed E-state index contributed by atoms with van der Waals surface area (Å²) in [5, 5.41) is 3.71. The number of para-hydroxylation sites is 1. The number of amides is 2. The monoisotopic (exact) mass is 396 g/mol. The molecule has 0 aliphatic heterocycles. The first-order chi connectivity index (χ1) is 13.2. The standard InChI is InChI=1S/C22H21ClN2OS/c23-19-11-13-21(14-12-19)27-16-15-25(17-18-7-3-1-4-8-18)22(26)24-20-9-5-2-6-10-20/h1-14H,15-17H2,(H,24,26). The summed E-state index contributed by atoms with van der Waals surface area (Å²) < 4.78 is 0. The van der Waals surface area contributed by atoms with Crippen LogP contribution in [0.5, 0.6) is 0 Å². The second-order valence-electron chi connectivity index (χ2n) is 6.01. The summed E-state index contributed by atoms with van der Waals surface area (Å²) in [6, 6.07) is 27.2. The Hall–Kier alpha value is -2.43. The maximum atomic E-state index is 12.8. The first-order valence-corrected chi connectivity index (χ1v) is 10.1. The van der Waals surface area contributed by atoms with Gasteiger partial charge in [0.2, 0.25) is 0 Å². The molecule has 2 amide bonds. The SMILES string of the molecule is O=C(Nc1ccccc1)N(CCSc1ccc(Cl)cc1)Cc1ccccc1. The Morgan fingerprint density at radius 3 is 2.19 bits per heavy atom. The highest BCUT2D eigenvalue weighted by molar-refractivity contribution is 7.99. The van der Waals surface area contributed by atoms with Crippen molar-refractivity contribution in [3.63, 3.8) is 0 Å². The van der Waals surface area contributed by atoms with E-state index >= 15 is 0 Å². The van der Waals surface area contributed by atoms with E-state index in [9.17, 15) is 4.79 Å². The number of carbonyl (C=O) groups excluding carboxylic acids is 1. The third-order valence-corrected chi connectivity index (χ3v) is 5.22. The van der Waals surface area contributed by atoms with E-state index in [2.05, 4.69) is 5.32 Å².